The van der Waals surface area contributed by atoms with Crippen molar-refractivity contribution in [3.05, 3.63) is 29.8 Å². The van der Waals surface area contributed by atoms with Gasteiger partial charge in [-0.15, -0.1) is 0 Å². The first-order valence-corrected chi connectivity index (χ1v) is 10.2. The van der Waals surface area contributed by atoms with Crippen LogP contribution in [0.2, 0.25) is 0 Å². The van der Waals surface area contributed by atoms with E-state index in [2.05, 4.69) is 15.2 Å². The Hall–Kier alpha value is -1.60. The van der Waals surface area contributed by atoms with Crippen LogP contribution in [0, 0.1) is 5.92 Å². The van der Waals surface area contributed by atoms with Crippen molar-refractivity contribution >= 4 is 15.8 Å². The molecule has 0 radical (unpaired) electrons. The standard InChI is InChI=1S/C17H27N3O3S/c1-4-18-17(20(2)12-15-9-10-23-13-15)19-11-14-5-7-16(8-6-14)24(3,21)22/h5-8,15H,4,9-13H2,1-3H3,(H,18,19). The summed E-state index contributed by atoms with van der Waals surface area (Å²) in [4.78, 5) is 7.13. The molecule has 2 rings (SSSR count). The molecule has 0 amide bonds. The van der Waals surface area contributed by atoms with Crippen molar-refractivity contribution < 1.29 is 13.2 Å². The minimum absolute atomic E-state index is 0.334. The summed E-state index contributed by atoms with van der Waals surface area (Å²) in [5.41, 5.74) is 0.982. The van der Waals surface area contributed by atoms with Crippen molar-refractivity contribution in [3.63, 3.8) is 0 Å². The first-order valence-electron chi connectivity index (χ1n) is 8.26. The maximum Gasteiger partial charge on any atom is 0.193 e. The van der Waals surface area contributed by atoms with Crippen LogP contribution in [0.15, 0.2) is 34.2 Å². The molecule has 1 aliphatic rings. The Balaban J connectivity index is 2.01. The molecule has 1 aromatic rings. The number of nitrogens with one attached hydrogen (secondary N) is 1. The lowest BCUT2D eigenvalue weighted by Gasteiger charge is -2.24. The summed E-state index contributed by atoms with van der Waals surface area (Å²) in [6.45, 7) is 5.94. The molecule has 1 aliphatic heterocycles. The highest BCUT2D eigenvalue weighted by molar-refractivity contribution is 7.90. The summed E-state index contributed by atoms with van der Waals surface area (Å²) in [6.07, 6.45) is 2.31. The molecule has 0 aliphatic carbocycles. The molecule has 24 heavy (non-hydrogen) atoms. The highest BCUT2D eigenvalue weighted by atomic mass is 32.2. The lowest BCUT2D eigenvalue weighted by atomic mass is 10.1. The maximum absolute atomic E-state index is 11.5. The molecule has 134 valence electrons. The number of guanidine groups is 1. The van der Waals surface area contributed by atoms with Gasteiger partial charge >= 0.3 is 0 Å². The molecule has 0 spiro atoms. The zero-order valence-electron chi connectivity index (χ0n) is 14.7. The molecule has 1 atom stereocenters. The van der Waals surface area contributed by atoms with Gasteiger partial charge in [-0.25, -0.2) is 13.4 Å². The molecule has 1 saturated heterocycles. The fourth-order valence-electron chi connectivity index (χ4n) is 2.68. The van der Waals surface area contributed by atoms with Crippen LogP contribution in [-0.4, -0.2) is 58.9 Å². The number of aliphatic imine (C=N–C) groups is 1. The molecule has 6 nitrogen and oxygen atoms in total. The quantitative estimate of drug-likeness (QED) is 0.620. The van der Waals surface area contributed by atoms with Crippen molar-refractivity contribution in [1.29, 1.82) is 0 Å². The van der Waals surface area contributed by atoms with E-state index in [0.717, 1.165) is 44.2 Å². The average molecular weight is 353 g/mol. The Kier molecular flexibility index (Phi) is 6.62. The molecular formula is C17H27N3O3S. The summed E-state index contributed by atoms with van der Waals surface area (Å²) < 4.78 is 28.4. The largest absolute Gasteiger partial charge is 0.381 e. The molecule has 0 saturated carbocycles. The smallest absolute Gasteiger partial charge is 0.193 e. The van der Waals surface area contributed by atoms with Crippen LogP contribution < -0.4 is 5.32 Å². The predicted molar refractivity (Wildman–Crippen MR) is 95.9 cm³/mol. The van der Waals surface area contributed by atoms with Crippen molar-refractivity contribution in [1.82, 2.24) is 10.2 Å². The summed E-state index contributed by atoms with van der Waals surface area (Å²) in [5.74, 6) is 1.41. The molecule has 1 N–H and O–H groups in total. The van der Waals surface area contributed by atoms with Gasteiger partial charge in [0.2, 0.25) is 0 Å². The van der Waals surface area contributed by atoms with Crippen molar-refractivity contribution in [3.8, 4) is 0 Å². The maximum atomic E-state index is 11.5. The second-order valence-electron chi connectivity index (χ2n) is 6.20. The summed E-state index contributed by atoms with van der Waals surface area (Å²) in [6, 6.07) is 6.89. The van der Waals surface area contributed by atoms with E-state index < -0.39 is 9.84 Å². The first kappa shape index (κ1) is 18.7. The number of sulfone groups is 1. The summed E-state index contributed by atoms with van der Waals surface area (Å²) >= 11 is 0. The third kappa shape index (κ3) is 5.49. The summed E-state index contributed by atoms with van der Waals surface area (Å²) in [7, 11) is -1.12. The van der Waals surface area contributed by atoms with E-state index >= 15 is 0 Å². The second kappa shape index (κ2) is 8.48. The van der Waals surface area contributed by atoms with Gasteiger partial charge in [0.05, 0.1) is 18.0 Å². The average Bonchev–Trinajstić information content (AvgIpc) is 3.03. The SMILES string of the molecule is CCNC(=NCc1ccc(S(C)(=O)=O)cc1)N(C)CC1CCOC1. The molecule has 1 heterocycles. The Morgan fingerprint density at radius 2 is 2.08 bits per heavy atom. The highest BCUT2D eigenvalue weighted by Crippen LogP contribution is 2.14. The Labute approximate surface area is 144 Å². The number of benzene rings is 1. The number of hydrogen-bond donors (Lipinski definition) is 1. The third-order valence-corrected chi connectivity index (χ3v) is 5.14. The van der Waals surface area contributed by atoms with E-state index in [4.69, 9.17) is 4.74 Å². The Morgan fingerprint density at radius 1 is 1.38 bits per heavy atom. The van der Waals surface area contributed by atoms with E-state index in [1.807, 2.05) is 26.1 Å². The third-order valence-electron chi connectivity index (χ3n) is 4.02. The lowest BCUT2D eigenvalue weighted by molar-refractivity contribution is 0.181. The van der Waals surface area contributed by atoms with Gasteiger partial charge in [0.1, 0.15) is 0 Å². The van der Waals surface area contributed by atoms with Gasteiger partial charge in [0.15, 0.2) is 15.8 Å². The van der Waals surface area contributed by atoms with Gasteiger partial charge in [-0.2, -0.15) is 0 Å². The van der Waals surface area contributed by atoms with Crippen LogP contribution in [0.5, 0.6) is 0 Å². The molecule has 1 aromatic carbocycles. The summed E-state index contributed by atoms with van der Waals surface area (Å²) in [5, 5.41) is 3.30. The van der Waals surface area contributed by atoms with Gasteiger partial charge in [-0.1, -0.05) is 12.1 Å². The zero-order valence-corrected chi connectivity index (χ0v) is 15.5. The van der Waals surface area contributed by atoms with E-state index in [9.17, 15) is 8.42 Å². The second-order valence-corrected chi connectivity index (χ2v) is 8.21. The molecule has 0 bridgehead atoms. The van der Waals surface area contributed by atoms with Crippen molar-refractivity contribution in [2.24, 2.45) is 10.9 Å². The van der Waals surface area contributed by atoms with Crippen LogP contribution in [0.3, 0.4) is 0 Å². The molecule has 1 fully saturated rings. The van der Waals surface area contributed by atoms with E-state index in [1.165, 1.54) is 6.26 Å². The number of hydrogen-bond acceptors (Lipinski definition) is 4. The molecule has 7 heteroatoms. The number of ether oxygens (including phenoxy) is 1. The lowest BCUT2D eigenvalue weighted by Crippen LogP contribution is -2.41. The van der Waals surface area contributed by atoms with Crippen LogP contribution in [0.4, 0.5) is 0 Å². The topological polar surface area (TPSA) is 71.0 Å². The zero-order chi connectivity index (χ0) is 17.6. The molecule has 1 unspecified atom stereocenters. The van der Waals surface area contributed by atoms with Crippen LogP contribution in [0.25, 0.3) is 0 Å². The monoisotopic (exact) mass is 353 g/mol. The van der Waals surface area contributed by atoms with Gasteiger partial charge in [-0.3, -0.25) is 0 Å². The van der Waals surface area contributed by atoms with E-state index in [0.29, 0.717) is 17.4 Å². The fraction of sp³-hybridized carbons (Fsp3) is 0.588. The fourth-order valence-corrected chi connectivity index (χ4v) is 3.31. The minimum Gasteiger partial charge on any atom is -0.381 e. The van der Waals surface area contributed by atoms with Gasteiger partial charge in [-0.05, 0) is 31.0 Å². The van der Waals surface area contributed by atoms with Crippen molar-refractivity contribution in [2.75, 3.05) is 39.6 Å². The normalized spacial score (nSPS) is 18.6. The number of nitrogens with zero attached hydrogens (tertiary/aromatic N) is 2. The minimum atomic E-state index is -3.15. The van der Waals surface area contributed by atoms with Crippen LogP contribution in [0.1, 0.15) is 18.9 Å². The van der Waals surface area contributed by atoms with Crippen LogP contribution in [-0.2, 0) is 21.1 Å². The van der Waals surface area contributed by atoms with Gasteiger partial charge in [0.25, 0.3) is 0 Å². The Bertz CT molecular complexity index is 650. The van der Waals surface area contributed by atoms with Crippen LogP contribution >= 0.6 is 0 Å². The Morgan fingerprint density at radius 3 is 2.62 bits per heavy atom. The predicted octanol–water partition coefficient (Wildman–Crippen LogP) is 1.52. The van der Waals surface area contributed by atoms with E-state index in [1.54, 1.807) is 12.1 Å². The van der Waals surface area contributed by atoms with Gasteiger partial charge < -0.3 is 15.0 Å². The number of rotatable bonds is 6. The van der Waals surface area contributed by atoms with Gasteiger partial charge in [0, 0.05) is 38.9 Å². The highest BCUT2D eigenvalue weighted by Gasteiger charge is 2.19. The van der Waals surface area contributed by atoms with E-state index in [-0.39, 0.29) is 0 Å². The molecule has 0 aromatic heterocycles. The first-order chi connectivity index (χ1) is 11.4. The molecular weight excluding hydrogens is 326 g/mol. The van der Waals surface area contributed by atoms with Crippen molar-refractivity contribution in [2.45, 2.75) is 24.8 Å².